The van der Waals surface area contributed by atoms with Crippen LogP contribution in [0.3, 0.4) is 0 Å². The van der Waals surface area contributed by atoms with E-state index >= 15 is 0 Å². The van der Waals surface area contributed by atoms with Gasteiger partial charge >= 0.3 is 5.97 Å². The molecule has 32 heavy (non-hydrogen) atoms. The van der Waals surface area contributed by atoms with E-state index in [1.54, 1.807) is 31.4 Å². The standard InChI is InChI=1S/C25H38O6Si/c1-9-15-28-25-23(27-8)22(31-24(26)20-13-11-10-12-14-20)21(30-25)16-29-32(17(2)3,18(4)5)19(6)7/h1,10-14,17-19,21-23,25H,15-16H2,2-8H3/t21-,22-,23-,25-/m1/s1. The molecule has 1 fully saturated rings. The molecule has 4 atom stereocenters. The fraction of sp³-hybridized carbons (Fsp3) is 0.640. The maximum Gasteiger partial charge on any atom is 0.338 e. The Morgan fingerprint density at radius 2 is 1.66 bits per heavy atom. The van der Waals surface area contributed by atoms with Crippen molar-refractivity contribution in [2.24, 2.45) is 0 Å². The van der Waals surface area contributed by atoms with E-state index < -0.39 is 38.9 Å². The lowest BCUT2D eigenvalue weighted by atomic mass is 10.1. The van der Waals surface area contributed by atoms with Gasteiger partial charge in [-0.05, 0) is 28.8 Å². The third-order valence-corrected chi connectivity index (χ3v) is 12.4. The molecule has 7 heteroatoms. The van der Waals surface area contributed by atoms with Crippen LogP contribution in [0.2, 0.25) is 16.6 Å². The van der Waals surface area contributed by atoms with Crippen LogP contribution < -0.4 is 0 Å². The summed E-state index contributed by atoms with van der Waals surface area (Å²) in [6.07, 6.45) is 2.79. The van der Waals surface area contributed by atoms with Crippen LogP contribution in [0.1, 0.15) is 51.9 Å². The number of esters is 1. The summed E-state index contributed by atoms with van der Waals surface area (Å²) in [6, 6.07) is 8.87. The molecule has 1 saturated heterocycles. The van der Waals surface area contributed by atoms with Crippen LogP contribution in [0.25, 0.3) is 0 Å². The number of rotatable bonds is 11. The lowest BCUT2D eigenvalue weighted by molar-refractivity contribution is -0.167. The highest BCUT2D eigenvalue weighted by atomic mass is 28.4. The number of carbonyl (C=O) groups is 1. The van der Waals surface area contributed by atoms with Crippen LogP contribution in [0.4, 0.5) is 0 Å². The van der Waals surface area contributed by atoms with E-state index in [0.29, 0.717) is 28.8 Å². The van der Waals surface area contributed by atoms with Crippen LogP contribution in [0.15, 0.2) is 30.3 Å². The molecule has 0 unspecified atom stereocenters. The number of benzene rings is 1. The van der Waals surface area contributed by atoms with Crippen molar-refractivity contribution in [3.63, 3.8) is 0 Å². The van der Waals surface area contributed by atoms with Gasteiger partial charge in [0, 0.05) is 7.11 Å². The Balaban J connectivity index is 2.27. The van der Waals surface area contributed by atoms with E-state index in [1.165, 1.54) is 0 Å². The first-order valence-corrected chi connectivity index (χ1v) is 13.5. The van der Waals surface area contributed by atoms with Crippen LogP contribution in [0.5, 0.6) is 0 Å². The number of terminal acetylenes is 1. The third-order valence-electron chi connectivity index (χ3n) is 6.33. The molecule has 0 saturated carbocycles. The second kappa shape index (κ2) is 12.0. The minimum Gasteiger partial charge on any atom is -0.453 e. The van der Waals surface area contributed by atoms with E-state index in [9.17, 15) is 4.79 Å². The summed E-state index contributed by atoms with van der Waals surface area (Å²) in [5.41, 5.74) is 1.72. The zero-order valence-corrected chi connectivity index (χ0v) is 21.4. The Morgan fingerprint density at radius 1 is 1.06 bits per heavy atom. The van der Waals surface area contributed by atoms with Crippen molar-refractivity contribution in [1.29, 1.82) is 0 Å². The molecular formula is C25H38O6Si. The van der Waals surface area contributed by atoms with Gasteiger partial charge < -0.3 is 23.4 Å². The molecule has 178 valence electrons. The van der Waals surface area contributed by atoms with Gasteiger partial charge in [0.2, 0.25) is 0 Å². The van der Waals surface area contributed by atoms with Gasteiger partial charge in [-0.3, -0.25) is 0 Å². The Morgan fingerprint density at radius 3 is 2.16 bits per heavy atom. The minimum absolute atomic E-state index is 0.0696. The molecule has 0 bridgehead atoms. The maximum absolute atomic E-state index is 12.8. The smallest absolute Gasteiger partial charge is 0.338 e. The molecule has 0 N–H and O–H groups in total. The Bertz CT molecular complexity index is 736. The molecule has 1 aromatic rings. The fourth-order valence-electron chi connectivity index (χ4n) is 4.97. The summed E-state index contributed by atoms with van der Waals surface area (Å²) in [5, 5.41) is 0. The topological polar surface area (TPSA) is 63.2 Å². The van der Waals surface area contributed by atoms with E-state index in [4.69, 9.17) is 29.8 Å². The van der Waals surface area contributed by atoms with Crippen LogP contribution >= 0.6 is 0 Å². The summed E-state index contributed by atoms with van der Waals surface area (Å²) in [5.74, 6) is 2.01. The SMILES string of the molecule is C#CCO[C@@H]1O[C@H](CO[Si](C(C)C)(C(C)C)C(C)C)[C@@H](OC(=O)c2ccccc2)[C@H]1OC. The van der Waals surface area contributed by atoms with Crippen molar-refractivity contribution in [2.75, 3.05) is 20.3 Å². The van der Waals surface area contributed by atoms with Crippen molar-refractivity contribution >= 4 is 14.3 Å². The first-order chi connectivity index (χ1) is 15.2. The molecule has 2 rings (SSSR count). The second-order valence-corrected chi connectivity index (χ2v) is 14.6. The molecule has 1 heterocycles. The molecule has 0 aliphatic carbocycles. The van der Waals surface area contributed by atoms with Gasteiger partial charge in [-0.1, -0.05) is 65.7 Å². The molecule has 0 aromatic heterocycles. The Kier molecular flexibility index (Phi) is 9.93. The second-order valence-electron chi connectivity index (χ2n) is 9.12. The number of carbonyl (C=O) groups excluding carboxylic acids is 1. The maximum atomic E-state index is 12.8. The number of hydrogen-bond acceptors (Lipinski definition) is 6. The van der Waals surface area contributed by atoms with Crippen molar-refractivity contribution in [3.05, 3.63) is 35.9 Å². The highest BCUT2D eigenvalue weighted by Gasteiger charge is 2.51. The van der Waals surface area contributed by atoms with Gasteiger partial charge in [-0.15, -0.1) is 6.42 Å². The number of methoxy groups -OCH3 is 1. The van der Waals surface area contributed by atoms with Crippen molar-refractivity contribution in [2.45, 2.75) is 82.8 Å². The van der Waals surface area contributed by atoms with Crippen molar-refractivity contribution < 1.29 is 28.2 Å². The molecule has 6 nitrogen and oxygen atoms in total. The average molecular weight is 463 g/mol. The highest BCUT2D eigenvalue weighted by Crippen LogP contribution is 2.43. The van der Waals surface area contributed by atoms with E-state index in [2.05, 4.69) is 47.5 Å². The van der Waals surface area contributed by atoms with Crippen LogP contribution in [0, 0.1) is 12.3 Å². The van der Waals surface area contributed by atoms with Crippen LogP contribution in [-0.2, 0) is 23.4 Å². The van der Waals surface area contributed by atoms with Gasteiger partial charge in [0.15, 0.2) is 20.7 Å². The first-order valence-electron chi connectivity index (χ1n) is 11.3. The summed E-state index contributed by atoms with van der Waals surface area (Å²) in [6.45, 7) is 13.7. The summed E-state index contributed by atoms with van der Waals surface area (Å²) < 4.78 is 30.0. The van der Waals surface area contributed by atoms with Crippen molar-refractivity contribution in [1.82, 2.24) is 0 Å². The zero-order valence-electron chi connectivity index (χ0n) is 20.4. The molecule has 1 aliphatic heterocycles. The monoisotopic (exact) mass is 462 g/mol. The van der Waals surface area contributed by atoms with Gasteiger partial charge in [0.25, 0.3) is 0 Å². The predicted octanol–water partition coefficient (Wildman–Crippen LogP) is 4.79. The Hall–Kier alpha value is -1.69. The lowest BCUT2D eigenvalue weighted by Gasteiger charge is -2.43. The van der Waals surface area contributed by atoms with Gasteiger partial charge in [0.1, 0.15) is 18.8 Å². The normalized spacial score (nSPS) is 23.7. The summed E-state index contributed by atoms with van der Waals surface area (Å²) >= 11 is 0. The quantitative estimate of drug-likeness (QED) is 0.268. The molecule has 0 amide bonds. The largest absolute Gasteiger partial charge is 0.453 e. The zero-order chi connectivity index (χ0) is 23.9. The molecule has 0 spiro atoms. The Labute approximate surface area is 194 Å². The van der Waals surface area contributed by atoms with Crippen LogP contribution in [-0.4, -0.2) is 59.2 Å². The molecule has 0 radical (unpaired) electrons. The third kappa shape index (κ3) is 5.80. The van der Waals surface area contributed by atoms with Crippen molar-refractivity contribution in [3.8, 4) is 12.3 Å². The molecule has 1 aliphatic rings. The summed E-state index contributed by atoms with van der Waals surface area (Å²) in [4.78, 5) is 12.8. The summed E-state index contributed by atoms with van der Waals surface area (Å²) in [7, 11) is -0.599. The molecule has 1 aromatic carbocycles. The number of hydrogen-bond donors (Lipinski definition) is 0. The van der Waals surface area contributed by atoms with E-state index in [1.807, 2.05) is 6.07 Å². The van der Waals surface area contributed by atoms with Gasteiger partial charge in [-0.2, -0.15) is 0 Å². The fourth-order valence-corrected chi connectivity index (χ4v) is 10.4. The lowest BCUT2D eigenvalue weighted by Crippen LogP contribution is -2.50. The van der Waals surface area contributed by atoms with E-state index in [-0.39, 0.29) is 6.61 Å². The minimum atomic E-state index is -2.14. The predicted molar refractivity (Wildman–Crippen MR) is 127 cm³/mol. The highest BCUT2D eigenvalue weighted by molar-refractivity contribution is 6.77. The first kappa shape index (κ1) is 26.6. The van der Waals surface area contributed by atoms with E-state index in [0.717, 1.165) is 0 Å². The molecular weight excluding hydrogens is 424 g/mol. The number of ether oxygens (including phenoxy) is 4. The average Bonchev–Trinajstić information content (AvgIpc) is 3.08. The van der Waals surface area contributed by atoms with Gasteiger partial charge in [-0.25, -0.2) is 4.79 Å². The van der Waals surface area contributed by atoms with Gasteiger partial charge in [0.05, 0.1) is 12.2 Å².